The van der Waals surface area contributed by atoms with Crippen molar-refractivity contribution in [3.8, 4) is 0 Å². The Morgan fingerprint density at radius 1 is 1.04 bits per heavy atom. The number of benzene rings is 2. The molecule has 0 amide bonds. The first-order valence-corrected chi connectivity index (χ1v) is 8.48. The molecule has 2 aromatic carbocycles. The molecule has 1 atom stereocenters. The van der Waals surface area contributed by atoms with Crippen LogP contribution in [0.5, 0.6) is 0 Å². The number of hydrogen-bond acceptors (Lipinski definition) is 5. The number of esters is 1. The average molecular weight is 339 g/mol. The highest BCUT2D eigenvalue weighted by Gasteiger charge is 2.33. The summed E-state index contributed by atoms with van der Waals surface area (Å²) in [5, 5.41) is 0. The van der Waals surface area contributed by atoms with E-state index in [1.807, 2.05) is 39.2 Å². The van der Waals surface area contributed by atoms with E-state index in [4.69, 9.17) is 4.74 Å². The Hall–Kier alpha value is -2.69. The predicted molar refractivity (Wildman–Crippen MR) is 103 cm³/mol. The second-order valence-corrected chi connectivity index (χ2v) is 6.51. The van der Waals surface area contributed by atoms with Gasteiger partial charge in [-0.05, 0) is 42.8 Å². The summed E-state index contributed by atoms with van der Waals surface area (Å²) in [6, 6.07) is 14.3. The molecule has 1 aliphatic heterocycles. The van der Waals surface area contributed by atoms with Crippen LogP contribution in [0, 0.1) is 0 Å². The van der Waals surface area contributed by atoms with Gasteiger partial charge in [-0.1, -0.05) is 12.1 Å². The molecule has 0 bridgehead atoms. The normalized spacial score (nSPS) is 16.0. The maximum atomic E-state index is 12.0. The summed E-state index contributed by atoms with van der Waals surface area (Å²) in [5.74, 6) is -0.278. The van der Waals surface area contributed by atoms with Crippen LogP contribution in [0.15, 0.2) is 42.5 Å². The first-order chi connectivity index (χ1) is 11.9. The SMILES string of the molecule is CCOC(=O)c1ccc2c(c1)N(C)C(c1ccc(N(C)C)cc1)N2C. The third-order valence-corrected chi connectivity index (χ3v) is 4.69. The first kappa shape index (κ1) is 17.1. The van der Waals surface area contributed by atoms with Crippen molar-refractivity contribution in [3.63, 3.8) is 0 Å². The van der Waals surface area contributed by atoms with E-state index in [1.54, 1.807) is 0 Å². The van der Waals surface area contributed by atoms with Crippen molar-refractivity contribution < 1.29 is 9.53 Å². The highest BCUT2D eigenvalue weighted by Crippen LogP contribution is 2.44. The molecule has 0 saturated carbocycles. The highest BCUT2D eigenvalue weighted by molar-refractivity contribution is 5.93. The van der Waals surface area contributed by atoms with Crippen molar-refractivity contribution >= 4 is 23.0 Å². The molecule has 132 valence electrons. The Kier molecular flexibility index (Phi) is 4.57. The molecule has 2 aromatic rings. The topological polar surface area (TPSA) is 36.0 Å². The van der Waals surface area contributed by atoms with Gasteiger partial charge in [-0.25, -0.2) is 4.79 Å². The Morgan fingerprint density at radius 2 is 1.68 bits per heavy atom. The fourth-order valence-corrected chi connectivity index (χ4v) is 3.36. The van der Waals surface area contributed by atoms with E-state index in [-0.39, 0.29) is 12.1 Å². The summed E-state index contributed by atoms with van der Waals surface area (Å²) in [4.78, 5) is 18.5. The molecule has 3 rings (SSSR count). The third kappa shape index (κ3) is 3.02. The fraction of sp³-hybridized carbons (Fsp3) is 0.350. The molecule has 1 aliphatic rings. The molecule has 25 heavy (non-hydrogen) atoms. The minimum atomic E-state index is -0.278. The molecule has 5 heteroatoms. The van der Waals surface area contributed by atoms with Crippen molar-refractivity contribution in [2.75, 3.05) is 49.5 Å². The minimum Gasteiger partial charge on any atom is -0.462 e. The van der Waals surface area contributed by atoms with Gasteiger partial charge < -0.3 is 19.4 Å². The molecule has 0 radical (unpaired) electrons. The number of ether oxygens (including phenoxy) is 1. The molecule has 0 spiro atoms. The molecule has 1 unspecified atom stereocenters. The van der Waals surface area contributed by atoms with Gasteiger partial charge in [0.2, 0.25) is 0 Å². The molecule has 0 N–H and O–H groups in total. The maximum Gasteiger partial charge on any atom is 0.338 e. The average Bonchev–Trinajstić information content (AvgIpc) is 2.86. The van der Waals surface area contributed by atoms with E-state index in [0.29, 0.717) is 12.2 Å². The van der Waals surface area contributed by atoms with Crippen molar-refractivity contribution in [2.24, 2.45) is 0 Å². The Bertz CT molecular complexity index is 771. The zero-order valence-electron chi connectivity index (χ0n) is 15.5. The molecular weight excluding hydrogens is 314 g/mol. The van der Waals surface area contributed by atoms with Crippen LogP contribution < -0.4 is 14.7 Å². The van der Waals surface area contributed by atoms with E-state index < -0.39 is 0 Å². The van der Waals surface area contributed by atoms with Crippen LogP contribution >= 0.6 is 0 Å². The molecular formula is C20H25N3O2. The monoisotopic (exact) mass is 339 g/mol. The second-order valence-electron chi connectivity index (χ2n) is 6.51. The Morgan fingerprint density at radius 3 is 2.28 bits per heavy atom. The minimum absolute atomic E-state index is 0.101. The van der Waals surface area contributed by atoms with E-state index in [9.17, 15) is 4.79 Å². The molecule has 5 nitrogen and oxygen atoms in total. The lowest BCUT2D eigenvalue weighted by molar-refractivity contribution is 0.0526. The molecule has 0 fully saturated rings. The molecule has 0 aromatic heterocycles. The van der Waals surface area contributed by atoms with Gasteiger partial charge in [0.25, 0.3) is 0 Å². The number of rotatable bonds is 4. The lowest BCUT2D eigenvalue weighted by Gasteiger charge is -2.28. The lowest BCUT2D eigenvalue weighted by Crippen LogP contribution is -2.30. The Balaban J connectivity index is 1.92. The lowest BCUT2D eigenvalue weighted by atomic mass is 10.1. The summed E-state index contributed by atoms with van der Waals surface area (Å²) in [7, 11) is 8.21. The fourth-order valence-electron chi connectivity index (χ4n) is 3.36. The third-order valence-electron chi connectivity index (χ3n) is 4.69. The number of anilines is 3. The summed E-state index contributed by atoms with van der Waals surface area (Å²) >= 11 is 0. The van der Waals surface area contributed by atoms with Crippen LogP contribution in [0.25, 0.3) is 0 Å². The first-order valence-electron chi connectivity index (χ1n) is 8.48. The van der Waals surface area contributed by atoms with E-state index in [1.165, 1.54) is 11.3 Å². The maximum absolute atomic E-state index is 12.0. The van der Waals surface area contributed by atoms with Gasteiger partial charge >= 0.3 is 5.97 Å². The summed E-state index contributed by atoms with van der Waals surface area (Å²) in [5.41, 5.74) is 5.12. The predicted octanol–water partition coefficient (Wildman–Crippen LogP) is 3.51. The zero-order valence-corrected chi connectivity index (χ0v) is 15.5. The van der Waals surface area contributed by atoms with Crippen molar-refractivity contribution in [3.05, 3.63) is 53.6 Å². The van der Waals surface area contributed by atoms with Gasteiger partial charge in [-0.15, -0.1) is 0 Å². The van der Waals surface area contributed by atoms with Gasteiger partial charge in [0.1, 0.15) is 6.17 Å². The summed E-state index contributed by atoms with van der Waals surface area (Å²) in [6.45, 7) is 2.20. The van der Waals surface area contributed by atoms with Gasteiger partial charge in [-0.3, -0.25) is 0 Å². The standard InChI is InChI=1S/C20H25N3O2/c1-6-25-20(24)15-9-12-17-18(13-15)23(5)19(22(17)4)14-7-10-16(11-8-14)21(2)3/h7-13,19H,6H2,1-5H3. The van der Waals surface area contributed by atoms with Crippen LogP contribution in [-0.2, 0) is 4.74 Å². The zero-order chi connectivity index (χ0) is 18.1. The second kappa shape index (κ2) is 6.67. The van der Waals surface area contributed by atoms with Crippen LogP contribution in [0.3, 0.4) is 0 Å². The van der Waals surface area contributed by atoms with E-state index >= 15 is 0 Å². The van der Waals surface area contributed by atoms with Crippen LogP contribution in [0.2, 0.25) is 0 Å². The van der Waals surface area contributed by atoms with Crippen molar-refractivity contribution in [1.82, 2.24) is 0 Å². The Labute approximate surface area is 149 Å². The number of carbonyl (C=O) groups excluding carboxylic acids is 1. The van der Waals surface area contributed by atoms with Gasteiger partial charge in [0.05, 0.1) is 23.5 Å². The summed E-state index contributed by atoms with van der Waals surface area (Å²) in [6.07, 6.45) is 0.101. The van der Waals surface area contributed by atoms with E-state index in [0.717, 1.165) is 11.4 Å². The van der Waals surface area contributed by atoms with Crippen LogP contribution in [-0.4, -0.2) is 40.8 Å². The van der Waals surface area contributed by atoms with Crippen LogP contribution in [0.1, 0.15) is 29.0 Å². The highest BCUT2D eigenvalue weighted by atomic mass is 16.5. The molecule has 1 heterocycles. The van der Waals surface area contributed by atoms with Crippen molar-refractivity contribution in [1.29, 1.82) is 0 Å². The van der Waals surface area contributed by atoms with Crippen molar-refractivity contribution in [2.45, 2.75) is 13.1 Å². The number of fused-ring (bicyclic) bond motifs is 1. The molecule has 0 aliphatic carbocycles. The summed E-state index contributed by atoms with van der Waals surface area (Å²) < 4.78 is 5.12. The number of carbonyl (C=O) groups is 1. The van der Waals surface area contributed by atoms with E-state index in [2.05, 4.69) is 53.1 Å². The van der Waals surface area contributed by atoms with Gasteiger partial charge in [-0.2, -0.15) is 0 Å². The van der Waals surface area contributed by atoms with Gasteiger partial charge in [0.15, 0.2) is 0 Å². The smallest absolute Gasteiger partial charge is 0.338 e. The van der Waals surface area contributed by atoms with Crippen LogP contribution in [0.4, 0.5) is 17.1 Å². The number of nitrogens with zero attached hydrogens (tertiary/aromatic N) is 3. The van der Waals surface area contributed by atoms with Gasteiger partial charge in [0, 0.05) is 33.9 Å². The number of hydrogen-bond donors (Lipinski definition) is 0. The largest absolute Gasteiger partial charge is 0.462 e. The molecule has 0 saturated heterocycles. The quantitative estimate of drug-likeness (QED) is 0.797.